The molecule has 0 saturated heterocycles. The lowest BCUT2D eigenvalue weighted by Gasteiger charge is -2.34. The van der Waals surface area contributed by atoms with Crippen molar-refractivity contribution in [1.82, 2.24) is 5.32 Å². The standard InChI is InChI=1S/C32H28F3N3O6S/c33-32(34,35)23-9-6-10-24(19-23)37-45(41,42)26-15-13-25(14-16-26)43-21-30(39)38-20-29(44-28-12-5-4-11-27(28)38)31(40)36-18-17-22-7-2-1-3-8-22/h1-16,19,29,37H,17-18,20-21H2,(H,36,40)/t29-/m0/s1. The summed E-state index contributed by atoms with van der Waals surface area (Å²) in [5.74, 6) is -0.285. The average Bonchev–Trinajstić information content (AvgIpc) is 3.03. The van der Waals surface area contributed by atoms with Crippen molar-refractivity contribution in [3.8, 4) is 11.5 Å². The van der Waals surface area contributed by atoms with Gasteiger partial charge in [-0.25, -0.2) is 8.42 Å². The molecule has 234 valence electrons. The maximum absolute atomic E-state index is 13.3. The van der Waals surface area contributed by atoms with Gasteiger partial charge in [-0.2, -0.15) is 13.2 Å². The minimum absolute atomic E-state index is 0.0469. The van der Waals surface area contributed by atoms with Crippen molar-refractivity contribution in [1.29, 1.82) is 0 Å². The fourth-order valence-corrected chi connectivity index (χ4v) is 5.66. The number of nitrogens with one attached hydrogen (secondary N) is 2. The van der Waals surface area contributed by atoms with Crippen molar-refractivity contribution in [2.45, 2.75) is 23.6 Å². The second kappa shape index (κ2) is 13.3. The summed E-state index contributed by atoms with van der Waals surface area (Å²) in [4.78, 5) is 27.4. The number of ether oxygens (including phenoxy) is 2. The van der Waals surface area contributed by atoms with E-state index in [0.717, 1.165) is 17.7 Å². The number of hydrogen-bond acceptors (Lipinski definition) is 6. The third-order valence-electron chi connectivity index (χ3n) is 6.86. The zero-order valence-electron chi connectivity index (χ0n) is 23.7. The lowest BCUT2D eigenvalue weighted by molar-refractivity contribution is -0.137. The van der Waals surface area contributed by atoms with Gasteiger partial charge < -0.3 is 19.7 Å². The van der Waals surface area contributed by atoms with Gasteiger partial charge in [-0.3, -0.25) is 14.3 Å². The van der Waals surface area contributed by atoms with Crippen LogP contribution in [0, 0.1) is 0 Å². The van der Waals surface area contributed by atoms with E-state index in [-0.39, 0.29) is 28.8 Å². The summed E-state index contributed by atoms with van der Waals surface area (Å²) in [5.41, 5.74) is 0.305. The number of anilines is 2. The van der Waals surface area contributed by atoms with Crippen LogP contribution in [0.4, 0.5) is 24.5 Å². The molecule has 1 aliphatic heterocycles. The Balaban J connectivity index is 1.20. The lowest BCUT2D eigenvalue weighted by Crippen LogP contribution is -2.52. The first kappa shape index (κ1) is 31.4. The number of rotatable bonds is 10. The van der Waals surface area contributed by atoms with Gasteiger partial charge in [0.1, 0.15) is 11.5 Å². The maximum atomic E-state index is 13.3. The van der Waals surface area contributed by atoms with Gasteiger partial charge in [0.05, 0.1) is 22.7 Å². The molecule has 45 heavy (non-hydrogen) atoms. The summed E-state index contributed by atoms with van der Waals surface area (Å²) >= 11 is 0. The molecule has 0 bridgehead atoms. The minimum Gasteiger partial charge on any atom is -0.484 e. The molecule has 5 rings (SSSR count). The third kappa shape index (κ3) is 7.92. The molecule has 1 atom stereocenters. The van der Waals surface area contributed by atoms with Gasteiger partial charge in [-0.15, -0.1) is 0 Å². The van der Waals surface area contributed by atoms with E-state index in [4.69, 9.17) is 9.47 Å². The van der Waals surface area contributed by atoms with E-state index < -0.39 is 40.4 Å². The molecule has 2 amide bonds. The molecule has 0 radical (unpaired) electrons. The van der Waals surface area contributed by atoms with Crippen molar-refractivity contribution in [2.75, 3.05) is 29.3 Å². The number of sulfonamides is 1. The number of carbonyl (C=O) groups excluding carboxylic acids is 2. The highest BCUT2D eigenvalue weighted by Crippen LogP contribution is 2.34. The maximum Gasteiger partial charge on any atom is 0.416 e. The van der Waals surface area contributed by atoms with Crippen molar-refractivity contribution in [3.05, 3.63) is 114 Å². The van der Waals surface area contributed by atoms with E-state index in [1.165, 1.54) is 35.2 Å². The van der Waals surface area contributed by atoms with Gasteiger partial charge in [0.25, 0.3) is 21.8 Å². The van der Waals surface area contributed by atoms with E-state index in [1.54, 1.807) is 24.3 Å². The first-order valence-corrected chi connectivity index (χ1v) is 15.3. The highest BCUT2D eigenvalue weighted by molar-refractivity contribution is 7.92. The SMILES string of the molecule is O=C(NCCc1ccccc1)[C@@H]1CN(C(=O)COc2ccc(S(=O)(=O)Nc3cccc(C(F)(F)F)c3)cc2)c2ccccc2O1. The Bertz CT molecular complexity index is 1770. The van der Waals surface area contributed by atoms with E-state index in [9.17, 15) is 31.2 Å². The van der Waals surface area contributed by atoms with Crippen LogP contribution in [0.25, 0.3) is 0 Å². The number of nitrogens with zero attached hydrogens (tertiary/aromatic N) is 1. The zero-order valence-corrected chi connectivity index (χ0v) is 24.5. The van der Waals surface area contributed by atoms with E-state index in [2.05, 4.69) is 10.0 Å². The molecule has 9 nitrogen and oxygen atoms in total. The minimum atomic E-state index is -4.63. The fourth-order valence-electron chi connectivity index (χ4n) is 4.61. The molecule has 1 aliphatic rings. The second-order valence-electron chi connectivity index (χ2n) is 10.0. The monoisotopic (exact) mass is 639 g/mol. The first-order valence-electron chi connectivity index (χ1n) is 13.8. The van der Waals surface area contributed by atoms with Gasteiger partial charge >= 0.3 is 6.18 Å². The highest BCUT2D eigenvalue weighted by Gasteiger charge is 2.34. The van der Waals surface area contributed by atoms with Crippen LogP contribution in [0.1, 0.15) is 11.1 Å². The summed E-state index contributed by atoms with van der Waals surface area (Å²) in [6, 6.07) is 25.4. The molecule has 0 spiro atoms. The van der Waals surface area contributed by atoms with Gasteiger partial charge in [0.2, 0.25) is 0 Å². The van der Waals surface area contributed by atoms with Gasteiger partial charge in [-0.1, -0.05) is 48.5 Å². The Labute approximate surface area is 257 Å². The Hall–Kier alpha value is -5.04. The predicted molar refractivity (Wildman–Crippen MR) is 161 cm³/mol. The predicted octanol–water partition coefficient (Wildman–Crippen LogP) is 5.04. The molecule has 1 heterocycles. The number of benzene rings is 4. The molecule has 4 aromatic carbocycles. The normalized spacial score (nSPS) is 14.6. The second-order valence-corrected chi connectivity index (χ2v) is 11.7. The summed E-state index contributed by atoms with van der Waals surface area (Å²) in [6.07, 6.45) is -4.95. The Morgan fingerprint density at radius 3 is 2.36 bits per heavy atom. The number of hydrogen-bond donors (Lipinski definition) is 2. The van der Waals surface area contributed by atoms with Crippen molar-refractivity contribution in [3.63, 3.8) is 0 Å². The zero-order chi connectivity index (χ0) is 32.0. The van der Waals surface area contributed by atoms with Crippen LogP contribution >= 0.6 is 0 Å². The van der Waals surface area contributed by atoms with Gasteiger partial charge in [0, 0.05) is 12.2 Å². The molecule has 2 N–H and O–H groups in total. The molecule has 0 aromatic heterocycles. The van der Waals surface area contributed by atoms with Crippen molar-refractivity contribution < 1.29 is 40.7 Å². The summed E-state index contributed by atoms with van der Waals surface area (Å²) in [6.45, 7) is -0.0807. The fraction of sp³-hybridized carbons (Fsp3) is 0.188. The number of carbonyl (C=O) groups is 2. The summed E-state index contributed by atoms with van der Waals surface area (Å²) in [5, 5.41) is 2.85. The average molecular weight is 640 g/mol. The summed E-state index contributed by atoms with van der Waals surface area (Å²) < 4.78 is 78.1. The van der Waals surface area contributed by atoms with Crippen molar-refractivity contribution >= 4 is 33.2 Å². The molecule has 0 fully saturated rings. The number of para-hydroxylation sites is 2. The molecular formula is C32H28F3N3O6S. The third-order valence-corrected chi connectivity index (χ3v) is 8.26. The number of halogens is 3. The number of fused-ring (bicyclic) bond motifs is 1. The van der Waals surface area contributed by atoms with E-state index >= 15 is 0 Å². The van der Waals surface area contributed by atoms with Crippen LogP contribution in [0.15, 0.2) is 108 Å². The van der Waals surface area contributed by atoms with Crippen LogP contribution in [-0.2, 0) is 32.2 Å². The van der Waals surface area contributed by atoms with Gasteiger partial charge in [0.15, 0.2) is 12.7 Å². The molecule has 0 aliphatic carbocycles. The first-order chi connectivity index (χ1) is 21.5. The Morgan fingerprint density at radius 2 is 1.62 bits per heavy atom. The molecule has 0 unspecified atom stereocenters. The van der Waals surface area contributed by atoms with E-state index in [1.807, 2.05) is 30.3 Å². The molecular weight excluding hydrogens is 611 g/mol. The van der Waals surface area contributed by atoms with Crippen LogP contribution in [-0.4, -0.2) is 46.0 Å². The largest absolute Gasteiger partial charge is 0.484 e. The number of alkyl halides is 3. The van der Waals surface area contributed by atoms with E-state index in [0.29, 0.717) is 30.5 Å². The van der Waals surface area contributed by atoms with Crippen LogP contribution in [0.3, 0.4) is 0 Å². The summed E-state index contributed by atoms with van der Waals surface area (Å²) in [7, 11) is -4.21. The van der Waals surface area contributed by atoms with Crippen LogP contribution < -0.4 is 24.4 Å². The Kier molecular flexibility index (Phi) is 9.28. The molecule has 13 heteroatoms. The van der Waals surface area contributed by atoms with Crippen molar-refractivity contribution in [2.24, 2.45) is 0 Å². The number of amides is 2. The van der Waals surface area contributed by atoms with Crippen LogP contribution in [0.5, 0.6) is 11.5 Å². The quantitative estimate of drug-likeness (QED) is 0.252. The molecule has 0 saturated carbocycles. The smallest absolute Gasteiger partial charge is 0.416 e. The van der Waals surface area contributed by atoms with Gasteiger partial charge in [-0.05, 0) is 66.6 Å². The lowest BCUT2D eigenvalue weighted by atomic mass is 10.1. The Morgan fingerprint density at radius 1 is 0.911 bits per heavy atom. The van der Waals surface area contributed by atoms with Crippen LogP contribution in [0.2, 0.25) is 0 Å². The topological polar surface area (TPSA) is 114 Å². The molecule has 4 aromatic rings. The highest BCUT2D eigenvalue weighted by atomic mass is 32.2.